The molecule has 3 nitrogen and oxygen atoms in total. The molecule has 0 saturated heterocycles. The van der Waals surface area contributed by atoms with Crippen LogP contribution < -0.4 is 0 Å². The lowest BCUT2D eigenvalue weighted by molar-refractivity contribution is 0.856. The van der Waals surface area contributed by atoms with Crippen LogP contribution in [-0.2, 0) is 0 Å². The molecule has 3 aromatic heterocycles. The van der Waals surface area contributed by atoms with E-state index in [1.54, 1.807) is 0 Å². The zero-order chi connectivity index (χ0) is 26.5. The second-order valence-electron chi connectivity index (χ2n) is 10.5. The molecule has 1 atom stereocenters. The van der Waals surface area contributed by atoms with Gasteiger partial charge in [0.05, 0.1) is 5.69 Å². The van der Waals surface area contributed by atoms with Crippen molar-refractivity contribution < 1.29 is 0 Å². The highest BCUT2D eigenvalue weighted by Crippen LogP contribution is 2.48. The fourth-order valence-corrected chi connectivity index (χ4v) is 6.33. The third-order valence-electron chi connectivity index (χ3n) is 8.17. The normalized spacial score (nSPS) is 15.2. The monoisotopic (exact) mass is 511 g/mol. The molecule has 1 unspecified atom stereocenters. The summed E-state index contributed by atoms with van der Waals surface area (Å²) in [6, 6.07) is 30.3. The standard InChI is InChI=1S/C37H25N3/c1-2-18-40-35(7-1)32-13-11-25-9-8-24-10-12-31(33-14-15-34(32)37(25)36(24)33)30-20-28(26-5-3-16-38-22-26)19-29(21-30)27-6-4-17-39-23-27/h1-9,11-24H,10H2. The first-order chi connectivity index (χ1) is 19.8. The quantitative estimate of drug-likeness (QED) is 0.237. The van der Waals surface area contributed by atoms with Gasteiger partial charge in [-0.25, -0.2) is 0 Å². The SMILES string of the molecule is C1=CC2CC=C(c3cc(-c4cccnc4)cc(-c4cccnc4)c3)c3ccc4c(-c5ccccn5)ccc1c4c32. The minimum Gasteiger partial charge on any atom is -0.264 e. The summed E-state index contributed by atoms with van der Waals surface area (Å²) in [4.78, 5) is 13.5. The number of nitrogens with zero attached hydrogens (tertiary/aromatic N) is 3. The molecule has 188 valence electrons. The van der Waals surface area contributed by atoms with Crippen molar-refractivity contribution in [1.29, 1.82) is 0 Å². The van der Waals surface area contributed by atoms with Crippen LogP contribution >= 0.6 is 0 Å². The van der Waals surface area contributed by atoms with Gasteiger partial charge in [0.1, 0.15) is 0 Å². The summed E-state index contributed by atoms with van der Waals surface area (Å²) >= 11 is 0. The highest BCUT2D eigenvalue weighted by atomic mass is 14.7. The van der Waals surface area contributed by atoms with Crippen LogP contribution in [-0.4, -0.2) is 15.0 Å². The molecule has 0 saturated carbocycles. The fourth-order valence-electron chi connectivity index (χ4n) is 6.33. The van der Waals surface area contributed by atoms with Gasteiger partial charge in [-0.15, -0.1) is 0 Å². The molecule has 0 fully saturated rings. The average molecular weight is 512 g/mol. The predicted octanol–water partition coefficient (Wildman–Crippen LogP) is 8.97. The Morgan fingerprint density at radius 1 is 0.625 bits per heavy atom. The van der Waals surface area contributed by atoms with E-state index in [1.807, 2.05) is 49.2 Å². The smallest absolute Gasteiger partial charge is 0.0708 e. The highest BCUT2D eigenvalue weighted by Gasteiger charge is 2.27. The second-order valence-corrected chi connectivity index (χ2v) is 10.5. The number of allylic oxidation sites excluding steroid dienone is 2. The van der Waals surface area contributed by atoms with Crippen LogP contribution in [0.4, 0.5) is 0 Å². The molecule has 0 amide bonds. The van der Waals surface area contributed by atoms with Gasteiger partial charge >= 0.3 is 0 Å². The lowest BCUT2D eigenvalue weighted by Gasteiger charge is -2.30. The van der Waals surface area contributed by atoms with Gasteiger partial charge in [0.2, 0.25) is 0 Å². The Bertz CT molecular complexity index is 1900. The Hall–Kier alpha value is -5.15. The van der Waals surface area contributed by atoms with Crippen LogP contribution in [0.2, 0.25) is 0 Å². The molecule has 0 spiro atoms. The van der Waals surface area contributed by atoms with Crippen LogP contribution in [0.15, 0.2) is 128 Å². The maximum Gasteiger partial charge on any atom is 0.0708 e. The van der Waals surface area contributed by atoms with Gasteiger partial charge in [0.25, 0.3) is 0 Å². The summed E-state index contributed by atoms with van der Waals surface area (Å²) < 4.78 is 0. The highest BCUT2D eigenvalue weighted by molar-refractivity contribution is 6.07. The minimum absolute atomic E-state index is 0.369. The molecule has 3 aromatic carbocycles. The Kier molecular flexibility index (Phi) is 5.27. The number of rotatable bonds is 4. The molecular formula is C37H25N3. The zero-order valence-corrected chi connectivity index (χ0v) is 21.8. The van der Waals surface area contributed by atoms with Crippen molar-refractivity contribution in [2.24, 2.45) is 0 Å². The van der Waals surface area contributed by atoms with Crippen molar-refractivity contribution in [3.05, 3.63) is 150 Å². The van der Waals surface area contributed by atoms with E-state index in [4.69, 9.17) is 0 Å². The van der Waals surface area contributed by atoms with E-state index in [0.717, 1.165) is 34.4 Å². The Morgan fingerprint density at radius 3 is 2.08 bits per heavy atom. The van der Waals surface area contributed by atoms with Crippen molar-refractivity contribution in [2.75, 3.05) is 0 Å². The van der Waals surface area contributed by atoms with E-state index in [1.165, 1.54) is 44.2 Å². The van der Waals surface area contributed by atoms with Gasteiger partial charge < -0.3 is 0 Å². The molecule has 3 heteroatoms. The summed E-state index contributed by atoms with van der Waals surface area (Å²) in [5, 5.41) is 2.63. The Morgan fingerprint density at radius 2 is 1.38 bits per heavy atom. The van der Waals surface area contributed by atoms with Crippen LogP contribution in [0, 0.1) is 0 Å². The van der Waals surface area contributed by atoms with E-state index in [2.05, 4.69) is 99.9 Å². The summed E-state index contributed by atoms with van der Waals surface area (Å²) in [7, 11) is 0. The molecule has 0 bridgehead atoms. The second kappa shape index (κ2) is 9.25. The van der Waals surface area contributed by atoms with Crippen LogP contribution in [0.3, 0.4) is 0 Å². The largest absolute Gasteiger partial charge is 0.264 e. The van der Waals surface area contributed by atoms with Gasteiger partial charge in [-0.1, -0.05) is 60.7 Å². The minimum atomic E-state index is 0.369. The third-order valence-corrected chi connectivity index (χ3v) is 8.17. The number of hydrogen-bond acceptors (Lipinski definition) is 3. The van der Waals surface area contributed by atoms with Crippen molar-refractivity contribution >= 4 is 22.4 Å². The molecule has 0 N–H and O–H groups in total. The summed E-state index contributed by atoms with van der Waals surface area (Å²) in [5.74, 6) is 0.369. The number of aromatic nitrogens is 3. The van der Waals surface area contributed by atoms with Crippen LogP contribution in [0.5, 0.6) is 0 Å². The molecule has 3 heterocycles. The number of pyridine rings is 3. The van der Waals surface area contributed by atoms with Gasteiger partial charge in [-0.05, 0) is 98.6 Å². The predicted molar refractivity (Wildman–Crippen MR) is 164 cm³/mol. The van der Waals surface area contributed by atoms with Crippen molar-refractivity contribution in [1.82, 2.24) is 15.0 Å². The zero-order valence-electron chi connectivity index (χ0n) is 21.8. The topological polar surface area (TPSA) is 38.7 Å². The van der Waals surface area contributed by atoms with Gasteiger partial charge in [-0.3, -0.25) is 15.0 Å². The molecule has 40 heavy (non-hydrogen) atoms. The molecule has 6 aromatic rings. The first kappa shape index (κ1) is 22.8. The molecule has 2 aliphatic carbocycles. The van der Waals surface area contributed by atoms with Gasteiger partial charge in [-0.2, -0.15) is 0 Å². The average Bonchev–Trinajstić information content (AvgIpc) is 3.04. The summed E-state index contributed by atoms with van der Waals surface area (Å²) in [6.07, 6.45) is 17.5. The van der Waals surface area contributed by atoms with Crippen LogP contribution in [0.25, 0.3) is 55.9 Å². The molecule has 0 radical (unpaired) electrons. The van der Waals surface area contributed by atoms with Gasteiger partial charge in [0, 0.05) is 53.6 Å². The first-order valence-corrected chi connectivity index (χ1v) is 13.7. The van der Waals surface area contributed by atoms with E-state index >= 15 is 0 Å². The molecule has 2 aliphatic rings. The van der Waals surface area contributed by atoms with Crippen molar-refractivity contribution in [3.8, 4) is 33.5 Å². The van der Waals surface area contributed by atoms with Crippen LogP contribution in [0.1, 0.15) is 34.6 Å². The Labute approximate surface area is 233 Å². The van der Waals surface area contributed by atoms with Crippen molar-refractivity contribution in [2.45, 2.75) is 12.3 Å². The lowest BCUT2D eigenvalue weighted by Crippen LogP contribution is -2.10. The number of benzene rings is 3. The lowest BCUT2D eigenvalue weighted by atomic mass is 9.74. The first-order valence-electron chi connectivity index (χ1n) is 13.7. The van der Waals surface area contributed by atoms with E-state index in [0.29, 0.717) is 5.92 Å². The Balaban J connectivity index is 1.35. The number of hydrogen-bond donors (Lipinski definition) is 0. The van der Waals surface area contributed by atoms with E-state index in [-0.39, 0.29) is 0 Å². The molecule has 8 rings (SSSR count). The summed E-state index contributed by atoms with van der Waals surface area (Å²) in [6.45, 7) is 0. The summed E-state index contributed by atoms with van der Waals surface area (Å²) in [5.41, 5.74) is 13.2. The van der Waals surface area contributed by atoms with E-state index in [9.17, 15) is 0 Å². The van der Waals surface area contributed by atoms with Crippen molar-refractivity contribution in [3.63, 3.8) is 0 Å². The van der Waals surface area contributed by atoms with E-state index < -0.39 is 0 Å². The fraction of sp³-hybridized carbons (Fsp3) is 0.0541. The third kappa shape index (κ3) is 3.70. The maximum atomic E-state index is 4.68. The molecule has 0 aliphatic heterocycles. The molecular weight excluding hydrogens is 486 g/mol. The van der Waals surface area contributed by atoms with Gasteiger partial charge in [0.15, 0.2) is 0 Å². The maximum absolute atomic E-state index is 4.68.